The third-order valence-electron chi connectivity index (χ3n) is 14.0. The van der Waals surface area contributed by atoms with E-state index in [0.29, 0.717) is 23.7 Å². The lowest BCUT2D eigenvalue weighted by Crippen LogP contribution is -2.22. The first-order valence-electron chi connectivity index (χ1n) is 20.7. The van der Waals surface area contributed by atoms with Crippen LogP contribution < -0.4 is 0 Å². The van der Waals surface area contributed by atoms with Gasteiger partial charge in [-0.3, -0.25) is 0 Å². The van der Waals surface area contributed by atoms with Crippen molar-refractivity contribution in [3.63, 3.8) is 0 Å². The molecule has 282 valence electrons. The molecule has 2 aliphatic carbocycles. The Balaban J connectivity index is 1.00. The molecule has 7 aromatic rings. The molecule has 9 rings (SSSR count). The maximum absolute atomic E-state index is 2.62. The molecule has 0 spiro atoms. The molecule has 4 unspecified atom stereocenters. The molecule has 0 amide bonds. The Labute approximate surface area is 334 Å². The normalized spacial score (nSPS) is 19.5. The number of hydrogen-bond acceptors (Lipinski definition) is 0. The van der Waals surface area contributed by atoms with Crippen LogP contribution in [0, 0.1) is 25.7 Å². The van der Waals surface area contributed by atoms with Gasteiger partial charge < -0.3 is 9.13 Å². The summed E-state index contributed by atoms with van der Waals surface area (Å²) < 4.78 is 5.05. The molecule has 0 radical (unpaired) electrons. The van der Waals surface area contributed by atoms with E-state index in [1.165, 1.54) is 89.1 Å². The van der Waals surface area contributed by atoms with E-state index >= 15 is 0 Å². The molecule has 2 heteroatoms. The highest BCUT2D eigenvalue weighted by Gasteiger charge is 2.34. The molecule has 4 atom stereocenters. The molecule has 2 heterocycles. The molecule has 2 aromatic heterocycles. The van der Waals surface area contributed by atoms with Crippen LogP contribution in [0.5, 0.6) is 0 Å². The van der Waals surface area contributed by atoms with Gasteiger partial charge in [0.2, 0.25) is 0 Å². The second-order valence-electron chi connectivity index (χ2n) is 18.2. The van der Waals surface area contributed by atoms with Gasteiger partial charge in [-0.1, -0.05) is 152 Å². The van der Waals surface area contributed by atoms with E-state index in [4.69, 9.17) is 0 Å². The van der Waals surface area contributed by atoms with E-state index in [1.54, 1.807) is 0 Å². The predicted molar refractivity (Wildman–Crippen MR) is 240 cm³/mol. The first kappa shape index (κ1) is 36.3. The zero-order valence-electron chi connectivity index (χ0n) is 34.9. The fraction of sp³-hybridized carbons (Fsp3) is 0.296. The van der Waals surface area contributed by atoms with Crippen molar-refractivity contribution >= 4 is 34.0 Å². The van der Waals surface area contributed by atoms with Crippen molar-refractivity contribution in [2.75, 3.05) is 0 Å². The zero-order chi connectivity index (χ0) is 39.3. The number of aryl methyl sites for hydroxylation is 2. The predicted octanol–water partition coefficient (Wildman–Crippen LogP) is 14.4. The summed E-state index contributed by atoms with van der Waals surface area (Å²) in [5, 5.41) is 2.60. The minimum absolute atomic E-state index is 0.146. The number of rotatable bonds is 6. The molecule has 0 N–H and O–H groups in total. The van der Waals surface area contributed by atoms with Gasteiger partial charge in [0.25, 0.3) is 0 Å². The van der Waals surface area contributed by atoms with E-state index < -0.39 is 0 Å². The third kappa shape index (κ3) is 5.59. The van der Waals surface area contributed by atoms with Crippen molar-refractivity contribution in [2.24, 2.45) is 11.8 Å². The molecule has 2 nitrogen and oxygen atoms in total. The van der Waals surface area contributed by atoms with Gasteiger partial charge in [-0.05, 0) is 95.5 Å². The zero-order valence-corrected chi connectivity index (χ0v) is 34.9. The van der Waals surface area contributed by atoms with E-state index in [9.17, 15) is 0 Å². The van der Waals surface area contributed by atoms with Crippen LogP contribution in [0.2, 0.25) is 0 Å². The Hall–Kier alpha value is -5.34. The van der Waals surface area contributed by atoms with Crippen molar-refractivity contribution < 1.29 is 0 Å². The Kier molecular flexibility index (Phi) is 8.51. The highest BCUT2D eigenvalue weighted by molar-refractivity contribution is 6.09. The molecule has 0 aliphatic heterocycles. The van der Waals surface area contributed by atoms with Crippen LogP contribution in [0.4, 0.5) is 0 Å². The van der Waals surface area contributed by atoms with Gasteiger partial charge in [0, 0.05) is 67.3 Å². The summed E-state index contributed by atoms with van der Waals surface area (Å²) in [6, 6.07) is 41.8. The second kappa shape index (κ2) is 13.1. The van der Waals surface area contributed by atoms with Crippen molar-refractivity contribution in [2.45, 2.75) is 91.9 Å². The summed E-state index contributed by atoms with van der Waals surface area (Å²) in [5.74, 6) is 1.95. The van der Waals surface area contributed by atoms with Crippen LogP contribution in [-0.4, -0.2) is 9.13 Å². The van der Waals surface area contributed by atoms with Crippen molar-refractivity contribution in [1.82, 2.24) is 9.13 Å². The number of hydrogen-bond donors (Lipinski definition) is 0. The molecule has 0 fully saturated rings. The van der Waals surface area contributed by atoms with Crippen molar-refractivity contribution in [3.8, 4) is 11.4 Å². The molecule has 0 bridgehead atoms. The van der Waals surface area contributed by atoms with E-state index in [0.717, 1.165) is 0 Å². The molecule has 0 saturated carbocycles. The average molecular weight is 733 g/mol. The van der Waals surface area contributed by atoms with Crippen molar-refractivity contribution in [3.05, 3.63) is 177 Å². The third-order valence-corrected chi connectivity index (χ3v) is 14.0. The lowest BCUT2D eigenvalue weighted by Gasteiger charge is -2.30. The average Bonchev–Trinajstić information content (AvgIpc) is 3.70. The standard InChI is InChI=1S/C54H56N2/c1-33-11-27-45-46-28-12-34(2)32-50(46)55(49(45)31-33)43-23-19-41(20-24-43)53(7,8)39-15-17-40(18-16-39)54(9,10)42-21-25-44(26-22-42)56-51-37(5)35(3)13-29-47(51)48-30-14-36(4)38(6)52(48)56/h11-32,35-38H,1-10H3. The maximum atomic E-state index is 2.62. The number of aromatic nitrogens is 2. The smallest absolute Gasteiger partial charge is 0.0543 e. The van der Waals surface area contributed by atoms with Gasteiger partial charge in [-0.15, -0.1) is 0 Å². The minimum Gasteiger partial charge on any atom is -0.316 e. The van der Waals surface area contributed by atoms with E-state index in [2.05, 4.69) is 212 Å². The number of benzene rings is 5. The SMILES string of the molecule is Cc1ccc2c3ccc(C)cc3n(-c3ccc(C(C)(C)c4ccc(C(C)(C)c5ccc(-n6c7c(c8c6C(C)C(C)C=C8)C=CC(C)C7C)cc5)cc4)cc3)c2c1. The minimum atomic E-state index is -0.153. The highest BCUT2D eigenvalue weighted by atomic mass is 15.0. The monoisotopic (exact) mass is 732 g/mol. The summed E-state index contributed by atoms with van der Waals surface area (Å²) in [6.45, 7) is 23.3. The quantitative estimate of drug-likeness (QED) is 0.161. The Morgan fingerprint density at radius 3 is 1.14 bits per heavy atom. The highest BCUT2D eigenvalue weighted by Crippen LogP contribution is 2.47. The summed E-state index contributed by atoms with van der Waals surface area (Å²) in [6.07, 6.45) is 9.57. The molecular formula is C54H56N2. The number of fused-ring (bicyclic) bond motifs is 6. The topological polar surface area (TPSA) is 9.86 Å². The van der Waals surface area contributed by atoms with Crippen LogP contribution in [0.25, 0.3) is 45.3 Å². The summed E-state index contributed by atoms with van der Waals surface area (Å²) in [5.41, 5.74) is 18.3. The van der Waals surface area contributed by atoms with Gasteiger partial charge in [0.05, 0.1) is 11.0 Å². The Morgan fingerprint density at radius 2 is 0.768 bits per heavy atom. The summed E-state index contributed by atoms with van der Waals surface area (Å²) in [7, 11) is 0. The van der Waals surface area contributed by atoms with Crippen LogP contribution in [-0.2, 0) is 10.8 Å². The molecule has 2 aliphatic rings. The van der Waals surface area contributed by atoms with Crippen molar-refractivity contribution in [1.29, 1.82) is 0 Å². The molecular weight excluding hydrogens is 677 g/mol. The van der Waals surface area contributed by atoms with Gasteiger partial charge in [0.1, 0.15) is 0 Å². The van der Waals surface area contributed by atoms with Crippen LogP contribution >= 0.6 is 0 Å². The van der Waals surface area contributed by atoms with Gasteiger partial charge in [-0.25, -0.2) is 0 Å². The van der Waals surface area contributed by atoms with Crippen LogP contribution in [0.3, 0.4) is 0 Å². The van der Waals surface area contributed by atoms with E-state index in [-0.39, 0.29) is 10.8 Å². The first-order valence-corrected chi connectivity index (χ1v) is 20.7. The van der Waals surface area contributed by atoms with Crippen LogP contribution in [0.1, 0.15) is 123 Å². The second-order valence-corrected chi connectivity index (χ2v) is 18.2. The fourth-order valence-corrected chi connectivity index (χ4v) is 9.71. The lowest BCUT2D eigenvalue weighted by atomic mass is 9.74. The molecule has 56 heavy (non-hydrogen) atoms. The maximum Gasteiger partial charge on any atom is 0.0543 e. The Bertz CT molecular complexity index is 2580. The molecule has 0 saturated heterocycles. The van der Waals surface area contributed by atoms with E-state index in [1.807, 2.05) is 0 Å². The van der Waals surface area contributed by atoms with Gasteiger partial charge in [-0.2, -0.15) is 0 Å². The van der Waals surface area contributed by atoms with Gasteiger partial charge >= 0.3 is 0 Å². The lowest BCUT2D eigenvalue weighted by molar-refractivity contribution is 0.534. The summed E-state index contributed by atoms with van der Waals surface area (Å²) >= 11 is 0. The molecule has 5 aromatic carbocycles. The number of nitrogens with zero attached hydrogens (tertiary/aromatic N) is 2. The van der Waals surface area contributed by atoms with Gasteiger partial charge in [0.15, 0.2) is 0 Å². The Morgan fingerprint density at radius 1 is 0.429 bits per heavy atom. The first-order chi connectivity index (χ1) is 26.8. The largest absolute Gasteiger partial charge is 0.316 e. The number of allylic oxidation sites excluding steroid dienone is 2. The van der Waals surface area contributed by atoms with Crippen LogP contribution in [0.15, 0.2) is 121 Å². The summed E-state index contributed by atoms with van der Waals surface area (Å²) in [4.78, 5) is 0. The fourth-order valence-electron chi connectivity index (χ4n) is 9.71.